The highest BCUT2D eigenvalue weighted by Gasteiger charge is 2.26. The van der Waals surface area contributed by atoms with Gasteiger partial charge < -0.3 is 10.6 Å². The summed E-state index contributed by atoms with van der Waals surface area (Å²) in [6.45, 7) is 0.830. The number of nitrogens with two attached hydrogens (primary N) is 1. The van der Waals surface area contributed by atoms with E-state index in [1.54, 1.807) is 11.3 Å². The maximum absolute atomic E-state index is 12.6. The summed E-state index contributed by atoms with van der Waals surface area (Å²) in [5, 5.41) is 7.87. The number of primary amides is 1. The van der Waals surface area contributed by atoms with Gasteiger partial charge in [0.1, 0.15) is 0 Å². The van der Waals surface area contributed by atoms with E-state index in [1.807, 2.05) is 36.4 Å². The first kappa shape index (κ1) is 16.6. The molecule has 1 aromatic heterocycles. The van der Waals surface area contributed by atoms with Crippen LogP contribution >= 0.6 is 11.6 Å². The smallest absolute Gasteiger partial charge is 0.269 e. The molecule has 1 aliphatic heterocycles. The van der Waals surface area contributed by atoms with Gasteiger partial charge in [0.2, 0.25) is 5.91 Å². The predicted molar refractivity (Wildman–Crippen MR) is 98.3 cm³/mol. The van der Waals surface area contributed by atoms with Crippen LogP contribution in [-0.2, 0) is 24.3 Å². The van der Waals surface area contributed by atoms with Crippen LogP contribution in [0.3, 0.4) is 0 Å². The van der Waals surface area contributed by atoms with Crippen LogP contribution in [0.25, 0.3) is 10.9 Å². The molecule has 7 heteroatoms. The van der Waals surface area contributed by atoms with Crippen molar-refractivity contribution in [3.05, 3.63) is 70.2 Å². The van der Waals surface area contributed by atoms with Gasteiger partial charge in [0.05, 0.1) is 17.0 Å². The standard InChI is InChI=1S/C19H16ClN4O2/c20-14-8-12-6-7-15(25)24(9-11-4-2-1-3-5-11)10-13(12)16-17(14)22-23-18(16)19(21)26/h1-5,7-8H,6,9-10H2,(H2,21,26)(H,22,23). The second kappa shape index (κ2) is 6.46. The highest BCUT2D eigenvalue weighted by molar-refractivity contribution is 6.35. The highest BCUT2D eigenvalue weighted by atomic mass is 35.5. The summed E-state index contributed by atoms with van der Waals surface area (Å²) in [6, 6.07) is 11.6. The summed E-state index contributed by atoms with van der Waals surface area (Å²) in [5.74, 6) is -0.687. The third-order valence-electron chi connectivity index (χ3n) is 4.60. The molecular formula is C19H16ClN4O2. The zero-order chi connectivity index (χ0) is 18.3. The van der Waals surface area contributed by atoms with Gasteiger partial charge in [0.25, 0.3) is 5.91 Å². The van der Waals surface area contributed by atoms with Crippen molar-refractivity contribution in [2.75, 3.05) is 0 Å². The fraction of sp³-hybridized carbons (Fsp3) is 0.158. The number of carbonyl (C=O) groups is 2. The number of hydrogen-bond acceptors (Lipinski definition) is 3. The molecule has 0 spiro atoms. The van der Waals surface area contributed by atoms with Crippen LogP contribution in [0.4, 0.5) is 0 Å². The molecule has 0 bridgehead atoms. The number of aromatic amines is 1. The zero-order valence-corrected chi connectivity index (χ0v) is 14.6. The highest BCUT2D eigenvalue weighted by Crippen LogP contribution is 2.34. The number of H-pyrrole nitrogens is 1. The number of rotatable bonds is 3. The van der Waals surface area contributed by atoms with Gasteiger partial charge in [-0.3, -0.25) is 14.7 Å². The topological polar surface area (TPSA) is 92.1 Å². The van der Waals surface area contributed by atoms with Gasteiger partial charge in [-0.25, -0.2) is 0 Å². The lowest BCUT2D eigenvalue weighted by molar-refractivity contribution is -0.128. The van der Waals surface area contributed by atoms with Crippen LogP contribution in [0.1, 0.15) is 27.2 Å². The summed E-state index contributed by atoms with van der Waals surface area (Å²) in [6.07, 6.45) is 2.08. The van der Waals surface area contributed by atoms with Crippen LogP contribution in [0.15, 0.2) is 36.4 Å². The van der Waals surface area contributed by atoms with Crippen molar-refractivity contribution in [3.8, 4) is 0 Å². The first-order valence-corrected chi connectivity index (χ1v) is 8.56. The molecule has 2 aromatic carbocycles. The average molecular weight is 368 g/mol. The predicted octanol–water partition coefficient (Wildman–Crippen LogP) is 2.60. The van der Waals surface area contributed by atoms with Crippen LogP contribution < -0.4 is 5.73 Å². The van der Waals surface area contributed by atoms with E-state index < -0.39 is 5.91 Å². The van der Waals surface area contributed by atoms with E-state index in [9.17, 15) is 9.59 Å². The fourth-order valence-electron chi connectivity index (χ4n) is 3.36. The lowest BCUT2D eigenvalue weighted by Gasteiger charge is -2.21. The summed E-state index contributed by atoms with van der Waals surface area (Å²) in [5.41, 5.74) is 8.97. The third-order valence-corrected chi connectivity index (χ3v) is 4.90. The molecule has 2 heterocycles. The molecule has 3 N–H and O–H groups in total. The van der Waals surface area contributed by atoms with E-state index in [1.165, 1.54) is 0 Å². The Morgan fingerprint density at radius 2 is 2.08 bits per heavy atom. The Hall–Kier alpha value is -2.86. The van der Waals surface area contributed by atoms with Crippen molar-refractivity contribution in [1.29, 1.82) is 0 Å². The van der Waals surface area contributed by atoms with E-state index >= 15 is 0 Å². The molecule has 131 valence electrons. The number of benzene rings is 2. The summed E-state index contributed by atoms with van der Waals surface area (Å²) < 4.78 is 0. The number of nitrogens with zero attached hydrogens (tertiary/aromatic N) is 2. The second-order valence-electron chi connectivity index (χ2n) is 6.27. The molecule has 6 nitrogen and oxygen atoms in total. The van der Waals surface area contributed by atoms with Crippen molar-refractivity contribution in [2.45, 2.75) is 19.5 Å². The molecule has 0 saturated heterocycles. The van der Waals surface area contributed by atoms with Gasteiger partial charge in [-0.05, 0) is 29.2 Å². The fourth-order valence-corrected chi connectivity index (χ4v) is 3.62. The largest absolute Gasteiger partial charge is 0.364 e. The van der Waals surface area contributed by atoms with Gasteiger partial charge in [-0.15, -0.1) is 0 Å². The molecule has 3 aromatic rings. The number of halogens is 1. The molecule has 0 aliphatic carbocycles. The maximum Gasteiger partial charge on any atom is 0.269 e. The SMILES string of the molecule is NC(=O)c1n[nH]c2c(Cl)cc3c(c12)CN(Cc1ccccc1)C(=O)[CH]C3. The van der Waals surface area contributed by atoms with E-state index in [4.69, 9.17) is 17.3 Å². The Bertz CT molecular complexity index is 1010. The van der Waals surface area contributed by atoms with E-state index in [0.29, 0.717) is 35.4 Å². The first-order valence-electron chi connectivity index (χ1n) is 8.18. The van der Waals surface area contributed by atoms with Crippen LogP contribution in [0, 0.1) is 6.42 Å². The van der Waals surface area contributed by atoms with Gasteiger partial charge >= 0.3 is 0 Å². The Morgan fingerprint density at radius 1 is 1.31 bits per heavy atom. The minimum atomic E-state index is -0.630. The Kier molecular flexibility index (Phi) is 4.12. The molecule has 1 radical (unpaired) electrons. The lowest BCUT2D eigenvalue weighted by Crippen LogP contribution is -2.29. The van der Waals surface area contributed by atoms with Gasteiger partial charge in [-0.1, -0.05) is 41.9 Å². The Balaban J connectivity index is 1.82. The van der Waals surface area contributed by atoms with Crippen molar-refractivity contribution in [2.24, 2.45) is 5.73 Å². The number of hydrogen-bond donors (Lipinski definition) is 2. The van der Waals surface area contributed by atoms with Crippen LogP contribution in [0.5, 0.6) is 0 Å². The molecule has 0 atom stereocenters. The van der Waals surface area contributed by atoms with Crippen molar-refractivity contribution < 1.29 is 9.59 Å². The molecular weight excluding hydrogens is 352 g/mol. The zero-order valence-electron chi connectivity index (χ0n) is 13.8. The van der Waals surface area contributed by atoms with Crippen molar-refractivity contribution in [3.63, 3.8) is 0 Å². The second-order valence-corrected chi connectivity index (χ2v) is 6.68. The molecule has 1 aliphatic rings. The number of amides is 2. The molecule has 0 fully saturated rings. The number of carbonyl (C=O) groups excluding carboxylic acids is 2. The molecule has 2 amide bonds. The normalized spacial score (nSPS) is 14.3. The van der Waals surface area contributed by atoms with Gasteiger partial charge in [0.15, 0.2) is 5.69 Å². The quantitative estimate of drug-likeness (QED) is 0.745. The van der Waals surface area contributed by atoms with Gasteiger partial charge in [0, 0.05) is 18.5 Å². The van der Waals surface area contributed by atoms with E-state index in [0.717, 1.165) is 16.7 Å². The third kappa shape index (κ3) is 2.82. The first-order chi connectivity index (χ1) is 12.5. The average Bonchev–Trinajstić information content (AvgIpc) is 3.02. The monoisotopic (exact) mass is 367 g/mol. The summed E-state index contributed by atoms with van der Waals surface area (Å²) in [7, 11) is 0. The number of nitrogens with one attached hydrogen (secondary N) is 1. The summed E-state index contributed by atoms with van der Waals surface area (Å²) >= 11 is 6.33. The lowest BCUT2D eigenvalue weighted by atomic mass is 9.98. The molecule has 0 unspecified atom stereocenters. The number of aromatic nitrogens is 2. The Morgan fingerprint density at radius 3 is 2.81 bits per heavy atom. The van der Waals surface area contributed by atoms with Crippen LogP contribution in [0.2, 0.25) is 5.02 Å². The van der Waals surface area contributed by atoms with Crippen molar-refractivity contribution >= 4 is 34.3 Å². The van der Waals surface area contributed by atoms with Gasteiger partial charge in [-0.2, -0.15) is 5.10 Å². The molecule has 26 heavy (non-hydrogen) atoms. The Labute approximate surface area is 154 Å². The minimum absolute atomic E-state index is 0.0570. The maximum atomic E-state index is 12.6. The molecule has 0 saturated carbocycles. The minimum Gasteiger partial charge on any atom is -0.364 e. The number of fused-ring (bicyclic) bond motifs is 3. The summed E-state index contributed by atoms with van der Waals surface area (Å²) in [4.78, 5) is 26.1. The van der Waals surface area contributed by atoms with E-state index in [-0.39, 0.29) is 11.6 Å². The van der Waals surface area contributed by atoms with Crippen molar-refractivity contribution in [1.82, 2.24) is 15.1 Å². The van der Waals surface area contributed by atoms with Crippen LogP contribution in [-0.4, -0.2) is 26.9 Å². The molecule has 4 rings (SSSR count). The van der Waals surface area contributed by atoms with E-state index in [2.05, 4.69) is 10.2 Å².